The van der Waals surface area contributed by atoms with Crippen LogP contribution in [0.25, 0.3) is 0 Å². The van der Waals surface area contributed by atoms with E-state index in [2.05, 4.69) is 9.51 Å². The van der Waals surface area contributed by atoms with Gasteiger partial charge in [0, 0.05) is 18.2 Å². The molecule has 0 spiro atoms. The van der Waals surface area contributed by atoms with E-state index in [0.29, 0.717) is 0 Å². The molecule has 0 aliphatic carbocycles. The van der Waals surface area contributed by atoms with Crippen LogP contribution in [-0.2, 0) is 13.8 Å². The Bertz CT molecular complexity index is 686. The number of hydrogen-bond acceptors (Lipinski definition) is 8. The Morgan fingerprint density at radius 3 is 2.65 bits per heavy atom. The van der Waals surface area contributed by atoms with Gasteiger partial charge in [-0.1, -0.05) is 0 Å². The first kappa shape index (κ1) is 22.9. The number of aliphatic hydroxyl groups is 1. The molecule has 1 aromatic heterocycles. The van der Waals surface area contributed by atoms with E-state index in [9.17, 15) is 29.0 Å². The fourth-order valence-corrected chi connectivity index (χ4v) is 2.33. The molecule has 1 aromatic rings. The zero-order valence-corrected chi connectivity index (χ0v) is 13.8. The van der Waals surface area contributed by atoms with Crippen molar-refractivity contribution in [3.05, 3.63) is 32.6 Å². The maximum absolute atomic E-state index is 11.7. The van der Waals surface area contributed by atoms with Gasteiger partial charge >= 0.3 is 43.4 Å². The number of aromatic nitrogens is 2. The first-order chi connectivity index (χ1) is 9.67. The van der Waals surface area contributed by atoms with Gasteiger partial charge in [0.2, 0.25) is 0 Å². The van der Waals surface area contributed by atoms with E-state index >= 15 is 0 Å². The van der Waals surface area contributed by atoms with E-state index in [1.165, 1.54) is 13.1 Å². The molecule has 10 nitrogen and oxygen atoms in total. The number of phosphoric ester groups is 1. The second kappa shape index (κ2) is 8.84. The van der Waals surface area contributed by atoms with Crippen LogP contribution in [0.2, 0.25) is 0 Å². The zero-order chi connectivity index (χ0) is 15.8. The van der Waals surface area contributed by atoms with Crippen LogP contribution in [0.1, 0.15) is 18.2 Å². The third-order valence-corrected chi connectivity index (χ3v) is 3.52. The molecule has 2 rings (SSSR count). The summed E-state index contributed by atoms with van der Waals surface area (Å²) in [5.41, 5.74) is -0.980. The molecule has 1 aliphatic heterocycles. The number of phosphoric acid groups is 1. The van der Waals surface area contributed by atoms with Gasteiger partial charge in [-0.05, 0) is 6.92 Å². The first-order valence-electron chi connectivity index (χ1n) is 5.99. The molecule has 0 bridgehead atoms. The Kier molecular flexibility index (Phi) is 8.80. The summed E-state index contributed by atoms with van der Waals surface area (Å²) >= 11 is 0. The van der Waals surface area contributed by atoms with E-state index in [-0.39, 0.29) is 49.7 Å². The number of aromatic amines is 1. The van der Waals surface area contributed by atoms with Gasteiger partial charge < -0.3 is 28.7 Å². The Morgan fingerprint density at radius 2 is 2.09 bits per heavy atom. The molecule has 2 heterocycles. The van der Waals surface area contributed by atoms with Crippen molar-refractivity contribution >= 4 is 7.82 Å². The normalized spacial score (nSPS) is 23.9. The fraction of sp³-hybridized carbons (Fsp3) is 0.600. The van der Waals surface area contributed by atoms with Crippen molar-refractivity contribution in [1.29, 1.82) is 0 Å². The summed E-state index contributed by atoms with van der Waals surface area (Å²) in [6, 6.07) is 0. The predicted molar refractivity (Wildman–Crippen MR) is 64.2 cm³/mol. The number of nitrogens with zero attached hydrogens (tertiary/aromatic N) is 1. The largest absolute Gasteiger partial charge is 1.00 e. The minimum atomic E-state index is -5.17. The van der Waals surface area contributed by atoms with E-state index in [4.69, 9.17) is 4.74 Å². The Labute approximate surface area is 154 Å². The van der Waals surface area contributed by atoms with Crippen molar-refractivity contribution in [2.24, 2.45) is 0 Å². The number of aryl methyl sites for hydroxylation is 1. The minimum Gasteiger partial charge on any atom is -0.790 e. The first-order valence-corrected chi connectivity index (χ1v) is 7.45. The summed E-state index contributed by atoms with van der Waals surface area (Å²) in [5, 5.41) is 9.75. The molecule has 0 amide bonds. The average molecular weight is 346 g/mol. The van der Waals surface area contributed by atoms with E-state index in [0.717, 1.165) is 4.57 Å². The van der Waals surface area contributed by atoms with Crippen LogP contribution in [0, 0.1) is 6.92 Å². The van der Waals surface area contributed by atoms with Gasteiger partial charge in [0.25, 0.3) is 5.56 Å². The molecule has 23 heavy (non-hydrogen) atoms. The number of rotatable bonds is 4. The van der Waals surface area contributed by atoms with Crippen LogP contribution in [0.4, 0.5) is 0 Å². The number of nitrogens with one attached hydrogen (secondary N) is 1. The molecule has 3 atom stereocenters. The maximum atomic E-state index is 11.7. The van der Waals surface area contributed by atoms with Crippen molar-refractivity contribution in [3.63, 3.8) is 0 Å². The van der Waals surface area contributed by atoms with Gasteiger partial charge in [-0.3, -0.25) is 14.3 Å². The Hall–Kier alpha value is -0.0952. The zero-order valence-electron chi connectivity index (χ0n) is 12.9. The third kappa shape index (κ3) is 6.04. The van der Waals surface area contributed by atoms with Crippen LogP contribution in [0.15, 0.2) is 15.8 Å². The van der Waals surface area contributed by atoms with Gasteiger partial charge in [-0.2, -0.15) is 0 Å². The topological polar surface area (TPSA) is 157 Å². The number of aliphatic hydroxyl groups excluding tert-OH is 1. The van der Waals surface area contributed by atoms with Crippen molar-refractivity contribution in [3.8, 4) is 0 Å². The molecule has 118 valence electrons. The quantitative estimate of drug-likeness (QED) is 0.309. The maximum Gasteiger partial charge on any atom is 1.00 e. The summed E-state index contributed by atoms with van der Waals surface area (Å²) in [7, 11) is -5.17. The number of hydrogen-bond donors (Lipinski definition) is 2. The second-order valence-corrected chi connectivity index (χ2v) is 5.81. The Balaban J connectivity index is 0.00000242. The smallest absolute Gasteiger partial charge is 0.790 e. The summed E-state index contributed by atoms with van der Waals surface area (Å²) in [5.74, 6) is 0. The van der Waals surface area contributed by atoms with Crippen LogP contribution in [-0.4, -0.2) is 33.5 Å². The van der Waals surface area contributed by atoms with Crippen molar-refractivity contribution in [2.75, 3.05) is 6.61 Å². The van der Waals surface area contributed by atoms with Crippen molar-refractivity contribution in [1.82, 2.24) is 9.55 Å². The predicted octanol–water partition coefficient (Wildman–Crippen LogP) is -8.65. The van der Waals surface area contributed by atoms with Crippen molar-refractivity contribution in [2.45, 2.75) is 31.8 Å². The van der Waals surface area contributed by atoms with E-state index < -0.39 is 44.1 Å². The molecule has 2 N–H and O–H groups in total. The number of ether oxygens (including phenoxy) is 1. The van der Waals surface area contributed by atoms with E-state index in [1.807, 2.05) is 0 Å². The van der Waals surface area contributed by atoms with Gasteiger partial charge in [-0.15, -0.1) is 0 Å². The standard InChI is InChI=1S/C10H15N2O8P.2Li/c1-5-3-12(10(15)11-9(5)14)8-2-6(13)7(20-8)4-19-21(16,17)18;;/h3,6-8,13H,2,4H2,1H3,(H,11,14,15)(H2,16,17,18);;/q;2*+1/p-2/t6-,7-,8-;;/m1../s1/i1+1,2+1,3+1,4+1,5+1,6+1,7+1,8+1,9+1,10+1,11+1,12+1;;. The second-order valence-electron chi connectivity index (χ2n) is 4.65. The third-order valence-electron chi connectivity index (χ3n) is 3.06. The molecule has 0 saturated carbocycles. The molecular formula is C10H13Li2N2O8P. The van der Waals surface area contributed by atoms with Crippen LogP contribution in [0.3, 0.4) is 0 Å². The molecule has 13 heteroatoms. The van der Waals surface area contributed by atoms with Crippen LogP contribution >= 0.6 is 7.82 Å². The summed E-state index contributed by atoms with van der Waals surface area (Å²) in [4.78, 5) is 45.8. The molecule has 0 radical (unpaired) electrons. The SMILES string of the molecule is [13CH3][13c]1[13cH][15n]([13C@H]2[13CH2][13C@@H](O)[13C@@H]([13CH2]OP(=O)([O-])[O-])O2)[13c](=O)[15nH][13c]1=O.[Li+].[Li+]. The fourth-order valence-electron chi connectivity index (χ4n) is 2.00. The van der Waals surface area contributed by atoms with Crippen LogP contribution < -0.4 is 58.8 Å². The number of H-pyrrole nitrogens is 1. The van der Waals surface area contributed by atoms with Crippen molar-refractivity contribution < 1.29 is 66.4 Å². The van der Waals surface area contributed by atoms with E-state index in [1.54, 1.807) is 0 Å². The van der Waals surface area contributed by atoms with Gasteiger partial charge in [0.1, 0.15) is 12.3 Å². The summed E-state index contributed by atoms with van der Waals surface area (Å²) in [6.07, 6.45) is -1.81. The van der Waals surface area contributed by atoms with Crippen LogP contribution in [0.5, 0.6) is 0 Å². The Morgan fingerprint density at radius 1 is 1.48 bits per heavy atom. The minimum absolute atomic E-state index is 0. The molecular weight excluding hydrogens is 333 g/mol. The molecule has 1 aliphatic rings. The van der Waals surface area contributed by atoms with Gasteiger partial charge in [-0.25, -0.2) is 4.79 Å². The molecule has 1 fully saturated rings. The molecule has 0 aromatic carbocycles. The van der Waals surface area contributed by atoms with Gasteiger partial charge in [0.15, 0.2) is 0 Å². The summed E-state index contributed by atoms with van der Waals surface area (Å²) in [6.45, 7) is 0.852. The summed E-state index contributed by atoms with van der Waals surface area (Å²) < 4.78 is 20.8. The van der Waals surface area contributed by atoms with Gasteiger partial charge in [0.05, 0.1) is 20.5 Å². The monoisotopic (exact) mass is 346 g/mol. The average Bonchev–Trinajstić information content (AvgIpc) is 2.72. The molecule has 0 unspecified atom stereocenters. The molecule has 1 saturated heterocycles.